The monoisotopic (exact) mass is 509 g/mol. The summed E-state index contributed by atoms with van der Waals surface area (Å²) in [5.74, 6) is 0.756. The molecule has 3 heterocycles. The second kappa shape index (κ2) is 11.9. The fourth-order valence-corrected chi connectivity index (χ4v) is 6.77. The van der Waals surface area contributed by atoms with E-state index in [1.807, 2.05) is 18.3 Å². The fourth-order valence-electron chi connectivity index (χ4n) is 6.77. The van der Waals surface area contributed by atoms with E-state index < -0.39 is 12.0 Å². The third-order valence-electron chi connectivity index (χ3n) is 8.80. The molecular formula is C29H40FN5O2. The maximum atomic E-state index is 14.2. The molecule has 5 rings (SSSR count). The van der Waals surface area contributed by atoms with E-state index in [-0.39, 0.29) is 23.6 Å². The van der Waals surface area contributed by atoms with Gasteiger partial charge in [0.15, 0.2) is 0 Å². The van der Waals surface area contributed by atoms with Gasteiger partial charge < -0.3 is 14.9 Å². The molecule has 1 saturated carbocycles. The van der Waals surface area contributed by atoms with E-state index in [9.17, 15) is 14.3 Å². The van der Waals surface area contributed by atoms with E-state index >= 15 is 0 Å². The van der Waals surface area contributed by atoms with E-state index in [1.54, 1.807) is 18.5 Å². The predicted molar refractivity (Wildman–Crippen MR) is 142 cm³/mol. The molecule has 3 atom stereocenters. The van der Waals surface area contributed by atoms with Crippen molar-refractivity contribution in [3.8, 4) is 0 Å². The average molecular weight is 510 g/mol. The molecule has 8 heteroatoms. The molecule has 2 aliphatic heterocycles. The first-order valence-corrected chi connectivity index (χ1v) is 14.0. The van der Waals surface area contributed by atoms with Gasteiger partial charge in [-0.1, -0.05) is 25.5 Å². The van der Waals surface area contributed by atoms with Gasteiger partial charge in [0.2, 0.25) is 0 Å². The van der Waals surface area contributed by atoms with E-state index in [1.165, 1.54) is 6.07 Å². The van der Waals surface area contributed by atoms with Crippen molar-refractivity contribution < 1.29 is 14.3 Å². The molecule has 2 saturated heterocycles. The summed E-state index contributed by atoms with van der Waals surface area (Å²) < 4.78 is 14.2. The van der Waals surface area contributed by atoms with Crippen molar-refractivity contribution >= 4 is 11.8 Å². The Balaban J connectivity index is 1.27. The Morgan fingerprint density at radius 1 is 1.19 bits per heavy atom. The largest absolute Gasteiger partial charge is 0.480 e. The van der Waals surface area contributed by atoms with Gasteiger partial charge in [0.1, 0.15) is 24.0 Å². The summed E-state index contributed by atoms with van der Waals surface area (Å²) in [5, 5.41) is 10.1. The number of carboxylic acids is 1. The van der Waals surface area contributed by atoms with Crippen LogP contribution in [0.5, 0.6) is 0 Å². The van der Waals surface area contributed by atoms with Gasteiger partial charge in [-0.05, 0) is 67.7 Å². The zero-order valence-corrected chi connectivity index (χ0v) is 21.9. The second-order valence-electron chi connectivity index (χ2n) is 11.1. The first-order chi connectivity index (χ1) is 18.0. The summed E-state index contributed by atoms with van der Waals surface area (Å²) in [6.45, 7) is 7.57. The number of carboxylic acid groups (broad SMARTS) is 1. The quantitative estimate of drug-likeness (QED) is 0.513. The maximum absolute atomic E-state index is 14.2. The zero-order chi connectivity index (χ0) is 25.8. The lowest BCUT2D eigenvalue weighted by molar-refractivity contribution is -0.146. The molecule has 1 aromatic carbocycles. The Morgan fingerprint density at radius 3 is 2.62 bits per heavy atom. The SMILES string of the molecule is CCCN(c1ccncn1)C1CCN(C[C@H]2CN([C@@H](C(=O)O)C3CCC3)C[C@@H]2c2cccc(F)c2)CC1. The lowest BCUT2D eigenvalue weighted by Gasteiger charge is -2.40. The molecule has 0 spiro atoms. The number of rotatable bonds is 10. The number of benzene rings is 1. The van der Waals surface area contributed by atoms with Crippen LogP contribution in [0.1, 0.15) is 56.9 Å². The van der Waals surface area contributed by atoms with Crippen molar-refractivity contribution in [3.63, 3.8) is 0 Å². The van der Waals surface area contributed by atoms with Crippen LogP contribution in [0.15, 0.2) is 42.9 Å². The van der Waals surface area contributed by atoms with Gasteiger partial charge in [0.25, 0.3) is 0 Å². The molecule has 3 aliphatic rings. The molecule has 2 aromatic rings. The highest BCUT2D eigenvalue weighted by atomic mass is 19.1. The molecule has 1 aromatic heterocycles. The number of piperidine rings is 1. The summed E-state index contributed by atoms with van der Waals surface area (Å²) in [4.78, 5) is 28.0. The molecule has 0 bridgehead atoms. The minimum Gasteiger partial charge on any atom is -0.480 e. The molecule has 7 nitrogen and oxygen atoms in total. The normalized spacial score (nSPS) is 24.6. The van der Waals surface area contributed by atoms with E-state index in [0.29, 0.717) is 12.6 Å². The third-order valence-corrected chi connectivity index (χ3v) is 8.80. The van der Waals surface area contributed by atoms with Crippen LogP contribution in [-0.2, 0) is 4.79 Å². The third kappa shape index (κ3) is 5.96. The van der Waals surface area contributed by atoms with Crippen LogP contribution in [0, 0.1) is 17.7 Å². The average Bonchev–Trinajstić information content (AvgIpc) is 3.28. The van der Waals surface area contributed by atoms with Crippen LogP contribution in [0.4, 0.5) is 10.2 Å². The van der Waals surface area contributed by atoms with Gasteiger partial charge in [-0.15, -0.1) is 0 Å². The molecule has 1 N–H and O–H groups in total. The first-order valence-electron chi connectivity index (χ1n) is 14.0. The van der Waals surface area contributed by atoms with E-state index in [4.69, 9.17) is 0 Å². The van der Waals surface area contributed by atoms with Gasteiger partial charge in [0, 0.05) is 57.4 Å². The van der Waals surface area contributed by atoms with Crippen LogP contribution in [0.3, 0.4) is 0 Å². The molecule has 1 aliphatic carbocycles. The zero-order valence-electron chi connectivity index (χ0n) is 21.9. The van der Waals surface area contributed by atoms with Crippen molar-refractivity contribution in [2.75, 3.05) is 44.2 Å². The maximum Gasteiger partial charge on any atom is 0.321 e. The molecule has 0 amide bonds. The van der Waals surface area contributed by atoms with Gasteiger partial charge >= 0.3 is 5.97 Å². The smallest absolute Gasteiger partial charge is 0.321 e. The fraction of sp³-hybridized carbons (Fsp3) is 0.621. The number of halogens is 1. The number of likely N-dealkylation sites (tertiary alicyclic amines) is 2. The van der Waals surface area contributed by atoms with Crippen molar-refractivity contribution in [1.29, 1.82) is 0 Å². The van der Waals surface area contributed by atoms with Crippen molar-refractivity contribution in [1.82, 2.24) is 19.8 Å². The van der Waals surface area contributed by atoms with Crippen molar-refractivity contribution in [2.45, 2.75) is 63.5 Å². The molecule has 0 radical (unpaired) electrons. The summed E-state index contributed by atoms with van der Waals surface area (Å²) in [5.41, 5.74) is 0.998. The molecular weight excluding hydrogens is 469 g/mol. The first kappa shape index (κ1) is 26.0. The summed E-state index contributed by atoms with van der Waals surface area (Å²) in [7, 11) is 0. The van der Waals surface area contributed by atoms with Crippen LogP contribution in [0.25, 0.3) is 0 Å². The molecule has 0 unspecified atom stereocenters. The Bertz CT molecular complexity index is 1030. The Kier molecular flexibility index (Phi) is 8.35. The summed E-state index contributed by atoms with van der Waals surface area (Å²) in [6, 6.07) is 8.98. The number of aromatic nitrogens is 2. The number of carbonyl (C=O) groups is 1. The molecule has 3 fully saturated rings. The highest BCUT2D eigenvalue weighted by Gasteiger charge is 2.44. The second-order valence-corrected chi connectivity index (χ2v) is 11.1. The van der Waals surface area contributed by atoms with Gasteiger partial charge in [-0.3, -0.25) is 9.69 Å². The highest BCUT2D eigenvalue weighted by molar-refractivity contribution is 5.74. The van der Waals surface area contributed by atoms with Crippen molar-refractivity contribution in [2.24, 2.45) is 11.8 Å². The van der Waals surface area contributed by atoms with Crippen LogP contribution in [-0.4, -0.2) is 82.2 Å². The minimum atomic E-state index is -0.704. The number of nitrogens with zero attached hydrogens (tertiary/aromatic N) is 5. The number of anilines is 1. The van der Waals surface area contributed by atoms with Gasteiger partial charge in [0.05, 0.1) is 0 Å². The number of hydrogen-bond donors (Lipinski definition) is 1. The Hall–Kier alpha value is -2.58. The van der Waals surface area contributed by atoms with Gasteiger partial charge in [-0.2, -0.15) is 0 Å². The predicted octanol–water partition coefficient (Wildman–Crippen LogP) is 4.27. The molecule has 37 heavy (non-hydrogen) atoms. The highest BCUT2D eigenvalue weighted by Crippen LogP contribution is 2.40. The number of aliphatic carboxylic acids is 1. The van der Waals surface area contributed by atoms with E-state index in [2.05, 4.69) is 31.6 Å². The summed E-state index contributed by atoms with van der Waals surface area (Å²) >= 11 is 0. The Labute approximate surface area is 219 Å². The van der Waals surface area contributed by atoms with E-state index in [0.717, 1.165) is 82.6 Å². The van der Waals surface area contributed by atoms with Crippen LogP contribution < -0.4 is 4.90 Å². The summed E-state index contributed by atoms with van der Waals surface area (Å²) in [6.07, 6.45) is 9.77. The van der Waals surface area contributed by atoms with Crippen LogP contribution >= 0.6 is 0 Å². The van der Waals surface area contributed by atoms with Crippen LogP contribution in [0.2, 0.25) is 0 Å². The lowest BCUT2D eigenvalue weighted by Crippen LogP contribution is -2.48. The minimum absolute atomic E-state index is 0.146. The topological polar surface area (TPSA) is 72.8 Å². The number of hydrogen-bond acceptors (Lipinski definition) is 6. The lowest BCUT2D eigenvalue weighted by atomic mass is 9.79. The Morgan fingerprint density at radius 2 is 2.00 bits per heavy atom. The van der Waals surface area contributed by atoms with Crippen molar-refractivity contribution in [3.05, 3.63) is 54.2 Å². The standard InChI is InChI=1S/C29H40FN5O2/c1-2-13-35(27-9-12-31-20-32-27)25-10-14-33(15-11-25)17-23-18-34(28(29(36)37)21-5-3-6-21)19-26(23)22-7-4-8-24(30)16-22/h4,7-9,12,16,20-21,23,25-26,28H,2-3,5-6,10-11,13-15,17-19H2,1H3,(H,36,37)/t23-,26+,28+/m0/s1. The molecule has 200 valence electrons. The van der Waals surface area contributed by atoms with Gasteiger partial charge in [-0.25, -0.2) is 14.4 Å².